The monoisotopic (exact) mass is 383 g/mol. The van der Waals surface area contributed by atoms with Crippen molar-refractivity contribution in [2.45, 2.75) is 75.8 Å². The Morgan fingerprint density at radius 3 is 3.07 bits per heavy atom. The summed E-state index contributed by atoms with van der Waals surface area (Å²) in [5.41, 5.74) is 1.47. The first-order chi connectivity index (χ1) is 14.9. The standard InChI is InChI=1S/C20H37N5O2/c1-13-10-18(21-2)25-20(23-13)24-15-11-16(14-4-3-6-22-7-5-14)19-17(12-15)26-8-9-27-19/h5,13,15-25H,3-4,6-12H2,1-2H3/i1D,2D3. The first kappa shape index (κ1) is 15.3. The third-order valence-corrected chi connectivity index (χ3v) is 6.21. The van der Waals surface area contributed by atoms with Crippen molar-refractivity contribution in [2.75, 3.05) is 33.3 Å². The van der Waals surface area contributed by atoms with E-state index in [2.05, 4.69) is 32.7 Å². The Labute approximate surface area is 169 Å². The summed E-state index contributed by atoms with van der Waals surface area (Å²) < 4.78 is 42.7. The number of nitrogens with one attached hydrogen (secondary N) is 5. The van der Waals surface area contributed by atoms with Gasteiger partial charge in [-0.25, -0.2) is 0 Å². The van der Waals surface area contributed by atoms with E-state index in [4.69, 9.17) is 15.0 Å². The topological polar surface area (TPSA) is 78.6 Å². The maximum Gasteiger partial charge on any atom is 0.113 e. The molecular weight excluding hydrogens is 342 g/mol. The Kier molecular flexibility index (Phi) is 5.28. The molecule has 1 aliphatic carbocycles. The molecule has 0 spiro atoms. The average Bonchev–Trinajstić information content (AvgIpc) is 3.01. The van der Waals surface area contributed by atoms with Gasteiger partial charge in [0.1, 0.15) is 6.29 Å². The van der Waals surface area contributed by atoms with Crippen LogP contribution in [0.2, 0.25) is 0 Å². The van der Waals surface area contributed by atoms with Gasteiger partial charge in [-0.15, -0.1) is 0 Å². The van der Waals surface area contributed by atoms with E-state index in [1.54, 1.807) is 0 Å². The molecule has 4 aliphatic rings. The zero-order valence-corrected chi connectivity index (χ0v) is 16.0. The molecule has 7 nitrogen and oxygen atoms in total. The van der Waals surface area contributed by atoms with Crippen LogP contribution in [0, 0.1) is 5.92 Å². The molecule has 2 saturated heterocycles. The minimum Gasteiger partial charge on any atom is -0.373 e. The molecule has 27 heavy (non-hydrogen) atoms. The van der Waals surface area contributed by atoms with E-state index in [1.165, 1.54) is 5.57 Å². The largest absolute Gasteiger partial charge is 0.373 e. The zero-order chi connectivity index (χ0) is 21.8. The molecule has 7 unspecified atom stereocenters. The number of rotatable bonds is 4. The van der Waals surface area contributed by atoms with Crippen LogP contribution in [0.15, 0.2) is 11.6 Å². The second kappa shape index (κ2) is 9.31. The van der Waals surface area contributed by atoms with Gasteiger partial charge < -0.3 is 20.1 Å². The van der Waals surface area contributed by atoms with E-state index in [0.29, 0.717) is 25.6 Å². The van der Waals surface area contributed by atoms with Gasteiger partial charge >= 0.3 is 0 Å². The van der Waals surface area contributed by atoms with Gasteiger partial charge in [0, 0.05) is 30.0 Å². The lowest BCUT2D eigenvalue weighted by atomic mass is 9.75. The molecule has 3 fully saturated rings. The van der Waals surface area contributed by atoms with Crippen LogP contribution in [0.1, 0.15) is 44.5 Å². The molecule has 154 valence electrons. The average molecular weight is 384 g/mol. The fraction of sp³-hybridized carbons (Fsp3) is 0.900. The van der Waals surface area contributed by atoms with Gasteiger partial charge in [0.2, 0.25) is 0 Å². The lowest BCUT2D eigenvalue weighted by molar-refractivity contribution is -0.173. The predicted octanol–water partition coefficient (Wildman–Crippen LogP) is 0.249. The van der Waals surface area contributed by atoms with E-state index in [0.717, 1.165) is 38.8 Å². The quantitative estimate of drug-likeness (QED) is 0.446. The smallest absolute Gasteiger partial charge is 0.113 e. The van der Waals surface area contributed by atoms with Gasteiger partial charge in [0.25, 0.3) is 0 Å². The van der Waals surface area contributed by atoms with Crippen molar-refractivity contribution in [2.24, 2.45) is 5.92 Å². The summed E-state index contributed by atoms with van der Waals surface area (Å²) in [6.45, 7) is 1.22. The number of hydrogen-bond acceptors (Lipinski definition) is 7. The van der Waals surface area contributed by atoms with Gasteiger partial charge in [-0.1, -0.05) is 11.6 Å². The third-order valence-electron chi connectivity index (χ3n) is 6.21. The number of ether oxygens (including phenoxy) is 2. The number of hydrogen-bond donors (Lipinski definition) is 5. The molecule has 5 N–H and O–H groups in total. The van der Waals surface area contributed by atoms with Crippen LogP contribution in [0.3, 0.4) is 0 Å². The minimum atomic E-state index is -2.22. The minimum absolute atomic E-state index is 0.0639. The predicted molar refractivity (Wildman–Crippen MR) is 106 cm³/mol. The van der Waals surface area contributed by atoms with Crippen LogP contribution in [-0.4, -0.2) is 70.0 Å². The van der Waals surface area contributed by atoms with E-state index in [9.17, 15) is 0 Å². The molecule has 1 saturated carbocycles. The molecule has 0 aromatic heterocycles. The summed E-state index contributed by atoms with van der Waals surface area (Å²) >= 11 is 0. The normalized spacial score (nSPS) is 46.1. The Hall–Kier alpha value is -0.540. The summed E-state index contributed by atoms with van der Waals surface area (Å²) in [6, 6.07) is 0.128. The molecule has 0 amide bonds. The van der Waals surface area contributed by atoms with E-state index in [-0.39, 0.29) is 43.6 Å². The van der Waals surface area contributed by atoms with Crippen molar-refractivity contribution in [3.05, 3.63) is 11.6 Å². The molecular formula is C20H37N5O2. The van der Waals surface area contributed by atoms with Crippen molar-refractivity contribution in [1.29, 1.82) is 0 Å². The second-order valence-electron chi connectivity index (χ2n) is 8.17. The zero-order valence-electron chi connectivity index (χ0n) is 20.0. The van der Waals surface area contributed by atoms with E-state index in [1.807, 2.05) is 0 Å². The summed E-state index contributed by atoms with van der Waals surface area (Å²) in [6.07, 6.45) is 6.45. The molecule has 7 atom stereocenters. The first-order valence-electron chi connectivity index (χ1n) is 12.6. The molecule has 0 aromatic rings. The third kappa shape index (κ3) is 4.90. The molecule has 0 aromatic carbocycles. The van der Waals surface area contributed by atoms with Crippen LogP contribution < -0.4 is 26.6 Å². The maximum atomic E-state index is 7.80. The van der Waals surface area contributed by atoms with Crippen molar-refractivity contribution >= 4 is 0 Å². The highest BCUT2D eigenvalue weighted by molar-refractivity contribution is 5.15. The van der Waals surface area contributed by atoms with Crippen LogP contribution in [-0.2, 0) is 9.47 Å². The maximum absolute atomic E-state index is 7.80. The second-order valence-corrected chi connectivity index (χ2v) is 8.17. The highest BCUT2D eigenvalue weighted by Gasteiger charge is 2.43. The molecule has 7 heteroatoms. The van der Waals surface area contributed by atoms with Crippen LogP contribution >= 0.6 is 0 Å². The first-order valence-corrected chi connectivity index (χ1v) is 10.4. The Morgan fingerprint density at radius 1 is 1.19 bits per heavy atom. The fourth-order valence-corrected chi connectivity index (χ4v) is 4.98. The van der Waals surface area contributed by atoms with E-state index < -0.39 is 6.98 Å². The Morgan fingerprint density at radius 2 is 2.15 bits per heavy atom. The lowest BCUT2D eigenvalue weighted by Crippen LogP contribution is -2.68. The molecule has 3 aliphatic heterocycles. The van der Waals surface area contributed by atoms with Crippen LogP contribution in [0.5, 0.6) is 0 Å². The number of fused-ring (bicyclic) bond motifs is 1. The highest BCUT2D eigenvalue weighted by atomic mass is 16.6. The van der Waals surface area contributed by atoms with Gasteiger partial charge in [0.05, 0.1) is 31.6 Å². The van der Waals surface area contributed by atoms with Gasteiger partial charge in [-0.05, 0) is 52.5 Å². The lowest BCUT2D eigenvalue weighted by Gasteiger charge is -2.47. The Balaban J connectivity index is 1.43. The molecule has 3 heterocycles. The Bertz CT molecular complexity index is 623. The van der Waals surface area contributed by atoms with Gasteiger partial charge in [-0.2, -0.15) is 0 Å². The summed E-state index contributed by atoms with van der Waals surface area (Å²) in [5.74, 6) is 0.323. The highest BCUT2D eigenvalue weighted by Crippen LogP contribution is 2.37. The van der Waals surface area contributed by atoms with Crippen molar-refractivity contribution < 1.29 is 15.0 Å². The van der Waals surface area contributed by atoms with E-state index >= 15 is 0 Å². The summed E-state index contributed by atoms with van der Waals surface area (Å²) in [7, 11) is 0. The van der Waals surface area contributed by atoms with Gasteiger partial charge in [-0.3, -0.25) is 16.0 Å². The molecule has 0 bridgehead atoms. The SMILES string of the molecule is [2H]CC1CC(NC([2H])([2H])[2H])NC(NC2CC3OCCOC3C(C3=CCNCCC3)C2)N1. The van der Waals surface area contributed by atoms with Gasteiger partial charge in [0.15, 0.2) is 0 Å². The summed E-state index contributed by atoms with van der Waals surface area (Å²) in [4.78, 5) is 0. The summed E-state index contributed by atoms with van der Waals surface area (Å²) in [5, 5.41) is 16.5. The van der Waals surface area contributed by atoms with Crippen molar-refractivity contribution in [1.82, 2.24) is 26.6 Å². The fourth-order valence-electron chi connectivity index (χ4n) is 4.98. The van der Waals surface area contributed by atoms with Crippen LogP contribution in [0.25, 0.3) is 0 Å². The molecule has 0 radical (unpaired) electrons. The molecule has 4 rings (SSSR count). The van der Waals surface area contributed by atoms with Crippen molar-refractivity contribution in [3.8, 4) is 0 Å². The van der Waals surface area contributed by atoms with Crippen LogP contribution in [0.4, 0.5) is 0 Å². The van der Waals surface area contributed by atoms with Crippen molar-refractivity contribution in [3.63, 3.8) is 0 Å².